The number of benzene rings is 1. The normalized spacial score (nSPS) is 21.5. The zero-order chi connectivity index (χ0) is 22.1. The zero-order valence-electron chi connectivity index (χ0n) is 19.4. The van der Waals surface area contributed by atoms with Gasteiger partial charge in [0.1, 0.15) is 0 Å². The summed E-state index contributed by atoms with van der Waals surface area (Å²) >= 11 is 0. The van der Waals surface area contributed by atoms with Gasteiger partial charge >= 0.3 is 0 Å². The molecule has 0 saturated carbocycles. The number of guanidine groups is 1. The van der Waals surface area contributed by atoms with Crippen molar-refractivity contribution < 1.29 is 9.53 Å². The molecule has 0 radical (unpaired) electrons. The van der Waals surface area contributed by atoms with Crippen molar-refractivity contribution in [1.82, 2.24) is 20.4 Å². The first-order valence-electron chi connectivity index (χ1n) is 11.6. The van der Waals surface area contributed by atoms with Crippen LogP contribution in [0.1, 0.15) is 31.7 Å². The summed E-state index contributed by atoms with van der Waals surface area (Å²) < 4.78 is 5.57. The van der Waals surface area contributed by atoms with E-state index in [-0.39, 0.29) is 11.4 Å². The third-order valence-corrected chi connectivity index (χ3v) is 6.61. The molecule has 172 valence electrons. The number of likely N-dealkylation sites (N-methyl/N-ethyl adjacent to an activating group) is 1. The number of rotatable bonds is 9. The van der Waals surface area contributed by atoms with Gasteiger partial charge in [-0.3, -0.25) is 9.79 Å². The molecule has 0 aliphatic carbocycles. The van der Waals surface area contributed by atoms with Gasteiger partial charge in [0, 0.05) is 57.3 Å². The highest BCUT2D eigenvalue weighted by molar-refractivity contribution is 5.81. The highest BCUT2D eigenvalue weighted by Crippen LogP contribution is 2.26. The van der Waals surface area contributed by atoms with Crippen LogP contribution in [0.3, 0.4) is 0 Å². The standard InChI is InChI=1S/C24H39N5O2/c1-4-25-23(27-19-24(28(2)3)11-14-31-15-12-24)26-17-21-16-22(30)29(18-21)13-10-20-8-6-5-7-9-20/h5-9,21H,4,10-19H2,1-3H3,(H2,25,26,27). The molecule has 2 saturated heterocycles. The van der Waals surface area contributed by atoms with E-state index in [9.17, 15) is 4.79 Å². The molecule has 1 atom stereocenters. The van der Waals surface area contributed by atoms with Crippen LogP contribution in [0.25, 0.3) is 0 Å². The molecular formula is C24H39N5O2. The van der Waals surface area contributed by atoms with Gasteiger partial charge in [0.25, 0.3) is 0 Å². The number of hydrogen-bond acceptors (Lipinski definition) is 4. The lowest BCUT2D eigenvalue weighted by atomic mass is 9.89. The summed E-state index contributed by atoms with van der Waals surface area (Å²) in [6.07, 6.45) is 3.51. The van der Waals surface area contributed by atoms with E-state index >= 15 is 0 Å². The summed E-state index contributed by atoms with van der Waals surface area (Å²) in [5.74, 6) is 1.42. The Bertz CT molecular complexity index is 716. The minimum atomic E-state index is 0.0537. The predicted octanol–water partition coefficient (Wildman–Crippen LogP) is 1.74. The Labute approximate surface area is 187 Å². The average Bonchev–Trinajstić information content (AvgIpc) is 3.15. The lowest BCUT2D eigenvalue weighted by Gasteiger charge is -2.41. The second kappa shape index (κ2) is 11.5. The number of amides is 1. The number of ether oxygens (including phenoxy) is 1. The van der Waals surface area contributed by atoms with Crippen LogP contribution in [0, 0.1) is 5.92 Å². The Morgan fingerprint density at radius 2 is 1.97 bits per heavy atom. The fourth-order valence-corrected chi connectivity index (χ4v) is 4.42. The first-order chi connectivity index (χ1) is 15.0. The molecule has 7 heteroatoms. The number of carbonyl (C=O) groups is 1. The SMILES string of the molecule is CCNC(=NCC1(N(C)C)CCOCC1)NCC1CC(=O)N(CCc2ccccc2)C1. The molecule has 1 amide bonds. The Balaban J connectivity index is 1.50. The number of likely N-dealkylation sites (tertiary alicyclic amines) is 1. The second-order valence-electron chi connectivity index (χ2n) is 8.95. The van der Waals surface area contributed by atoms with E-state index in [0.29, 0.717) is 12.3 Å². The average molecular weight is 430 g/mol. The zero-order valence-corrected chi connectivity index (χ0v) is 19.4. The molecule has 1 unspecified atom stereocenters. The third kappa shape index (κ3) is 6.68. The Kier molecular flexibility index (Phi) is 8.72. The number of aliphatic imine (C=N–C) groups is 1. The molecule has 3 rings (SSSR count). The molecule has 0 spiro atoms. The van der Waals surface area contributed by atoms with Gasteiger partial charge in [0.05, 0.1) is 6.54 Å². The van der Waals surface area contributed by atoms with Crippen LogP contribution in [0.2, 0.25) is 0 Å². The molecule has 7 nitrogen and oxygen atoms in total. The molecule has 2 aliphatic heterocycles. The van der Waals surface area contributed by atoms with Crippen molar-refractivity contribution in [2.24, 2.45) is 10.9 Å². The molecule has 0 bridgehead atoms. The van der Waals surface area contributed by atoms with Crippen molar-refractivity contribution in [3.8, 4) is 0 Å². The van der Waals surface area contributed by atoms with Gasteiger partial charge in [0.15, 0.2) is 5.96 Å². The number of carbonyl (C=O) groups excluding carboxylic acids is 1. The van der Waals surface area contributed by atoms with Crippen molar-refractivity contribution >= 4 is 11.9 Å². The fourth-order valence-electron chi connectivity index (χ4n) is 4.42. The van der Waals surface area contributed by atoms with Gasteiger partial charge in [-0.2, -0.15) is 0 Å². The van der Waals surface area contributed by atoms with Gasteiger partial charge in [-0.1, -0.05) is 30.3 Å². The fraction of sp³-hybridized carbons (Fsp3) is 0.667. The molecule has 2 N–H and O–H groups in total. The molecule has 31 heavy (non-hydrogen) atoms. The van der Waals surface area contributed by atoms with Crippen molar-refractivity contribution in [3.63, 3.8) is 0 Å². The van der Waals surface area contributed by atoms with Crippen molar-refractivity contribution in [1.29, 1.82) is 0 Å². The summed E-state index contributed by atoms with van der Waals surface area (Å²) in [4.78, 5) is 21.7. The van der Waals surface area contributed by atoms with Crippen molar-refractivity contribution in [2.45, 2.75) is 38.1 Å². The number of hydrogen-bond donors (Lipinski definition) is 2. The monoisotopic (exact) mass is 429 g/mol. The third-order valence-electron chi connectivity index (χ3n) is 6.61. The molecule has 1 aromatic carbocycles. The van der Waals surface area contributed by atoms with Crippen LogP contribution in [0.4, 0.5) is 0 Å². The second-order valence-corrected chi connectivity index (χ2v) is 8.95. The van der Waals surface area contributed by atoms with Gasteiger partial charge in [-0.05, 0) is 45.8 Å². The predicted molar refractivity (Wildman–Crippen MR) is 125 cm³/mol. The maximum Gasteiger partial charge on any atom is 0.223 e. The van der Waals surface area contributed by atoms with E-state index in [4.69, 9.17) is 9.73 Å². The van der Waals surface area contributed by atoms with Crippen molar-refractivity contribution in [2.75, 3.05) is 60.0 Å². The molecule has 1 aromatic rings. The van der Waals surface area contributed by atoms with Crippen LogP contribution in [0.5, 0.6) is 0 Å². The first kappa shape index (κ1) is 23.5. The molecular weight excluding hydrogens is 390 g/mol. The summed E-state index contributed by atoms with van der Waals surface area (Å²) in [5.41, 5.74) is 1.33. The van der Waals surface area contributed by atoms with Gasteiger partial charge in [0.2, 0.25) is 5.91 Å². The lowest BCUT2D eigenvalue weighted by molar-refractivity contribution is -0.127. The van der Waals surface area contributed by atoms with Crippen LogP contribution < -0.4 is 10.6 Å². The molecule has 2 fully saturated rings. The number of nitrogens with zero attached hydrogens (tertiary/aromatic N) is 3. The van der Waals surface area contributed by atoms with E-state index in [2.05, 4.69) is 60.8 Å². The Morgan fingerprint density at radius 3 is 2.65 bits per heavy atom. The molecule has 0 aromatic heterocycles. The van der Waals surface area contributed by atoms with Crippen LogP contribution in [-0.4, -0.2) is 87.2 Å². The molecule has 2 heterocycles. The minimum absolute atomic E-state index is 0.0537. The topological polar surface area (TPSA) is 69.2 Å². The van der Waals surface area contributed by atoms with Crippen molar-refractivity contribution in [3.05, 3.63) is 35.9 Å². The van der Waals surface area contributed by atoms with Crippen LogP contribution >= 0.6 is 0 Å². The maximum absolute atomic E-state index is 12.5. The maximum atomic E-state index is 12.5. The highest BCUT2D eigenvalue weighted by atomic mass is 16.5. The van der Waals surface area contributed by atoms with E-state index < -0.39 is 0 Å². The highest BCUT2D eigenvalue weighted by Gasteiger charge is 2.35. The van der Waals surface area contributed by atoms with Gasteiger partial charge in [-0.15, -0.1) is 0 Å². The van der Waals surface area contributed by atoms with E-state index in [1.54, 1.807) is 0 Å². The minimum Gasteiger partial charge on any atom is -0.381 e. The first-order valence-corrected chi connectivity index (χ1v) is 11.6. The van der Waals surface area contributed by atoms with Gasteiger partial charge in [-0.25, -0.2) is 0 Å². The van der Waals surface area contributed by atoms with Crippen LogP contribution in [-0.2, 0) is 16.0 Å². The van der Waals surface area contributed by atoms with E-state index in [1.165, 1.54) is 5.56 Å². The van der Waals surface area contributed by atoms with Gasteiger partial charge < -0.3 is 25.2 Å². The lowest BCUT2D eigenvalue weighted by Crippen LogP contribution is -2.52. The smallest absolute Gasteiger partial charge is 0.223 e. The Hall–Kier alpha value is -2.12. The summed E-state index contributed by atoms with van der Waals surface area (Å²) in [6, 6.07) is 10.4. The van der Waals surface area contributed by atoms with E-state index in [0.717, 1.165) is 71.2 Å². The summed E-state index contributed by atoms with van der Waals surface area (Å²) in [6.45, 7) is 7.59. The van der Waals surface area contributed by atoms with E-state index in [1.807, 2.05) is 11.0 Å². The van der Waals surface area contributed by atoms with Crippen LogP contribution in [0.15, 0.2) is 35.3 Å². The quantitative estimate of drug-likeness (QED) is 0.462. The summed E-state index contributed by atoms with van der Waals surface area (Å²) in [7, 11) is 4.27. The molecule has 2 aliphatic rings. The largest absolute Gasteiger partial charge is 0.381 e. The summed E-state index contributed by atoms with van der Waals surface area (Å²) in [5, 5.41) is 6.85. The Morgan fingerprint density at radius 1 is 1.23 bits per heavy atom. The number of nitrogens with one attached hydrogen (secondary N) is 2.